The number of para-hydroxylation sites is 1. The summed E-state index contributed by atoms with van der Waals surface area (Å²) < 4.78 is 0. The van der Waals surface area contributed by atoms with Gasteiger partial charge in [-0.1, -0.05) is 18.2 Å². The first kappa shape index (κ1) is 19.2. The first-order valence-corrected chi connectivity index (χ1v) is 8.54. The minimum Gasteiger partial charge on any atom is -0.324 e. The van der Waals surface area contributed by atoms with E-state index >= 15 is 0 Å². The minimum absolute atomic E-state index is 0. The highest BCUT2D eigenvalue weighted by atomic mass is 35.5. The third-order valence-corrected chi connectivity index (χ3v) is 4.64. The zero-order valence-electron chi connectivity index (χ0n) is 14.7. The number of benzene rings is 1. The Kier molecular flexibility index (Phi) is 6.26. The van der Waals surface area contributed by atoms with Crippen LogP contribution in [0.25, 0.3) is 0 Å². The van der Waals surface area contributed by atoms with Gasteiger partial charge in [-0.15, -0.1) is 12.4 Å². The zero-order chi connectivity index (χ0) is 16.4. The van der Waals surface area contributed by atoms with Gasteiger partial charge in [0.05, 0.1) is 6.54 Å². The molecule has 0 saturated carbocycles. The Morgan fingerprint density at radius 3 is 2.38 bits per heavy atom. The maximum Gasteiger partial charge on any atom is 0.241 e. The molecule has 134 valence electrons. The molecule has 24 heavy (non-hydrogen) atoms. The summed E-state index contributed by atoms with van der Waals surface area (Å²) in [5.74, 6) is 0.225. The molecule has 1 aromatic carbocycles. The van der Waals surface area contributed by atoms with Crippen LogP contribution in [0.15, 0.2) is 24.3 Å². The van der Waals surface area contributed by atoms with Crippen LogP contribution in [0.5, 0.6) is 0 Å². The summed E-state index contributed by atoms with van der Waals surface area (Å²) in [5.41, 5.74) is 8.32. The van der Waals surface area contributed by atoms with E-state index in [1.54, 1.807) is 0 Å². The van der Waals surface area contributed by atoms with Crippen LogP contribution >= 0.6 is 12.4 Å². The molecule has 5 nitrogen and oxygen atoms in total. The molecule has 1 fully saturated rings. The zero-order valence-corrected chi connectivity index (χ0v) is 15.5. The number of nitrogens with two attached hydrogens (primary N) is 1. The van der Waals surface area contributed by atoms with Crippen LogP contribution in [0.3, 0.4) is 0 Å². The molecule has 0 aromatic heterocycles. The molecule has 0 spiro atoms. The van der Waals surface area contributed by atoms with E-state index in [0.29, 0.717) is 6.54 Å². The molecule has 0 unspecified atom stereocenters. The lowest BCUT2D eigenvalue weighted by atomic mass is 10.1. The maximum absolute atomic E-state index is 12.6. The number of hydrogen-bond donors (Lipinski definition) is 1. The highest BCUT2D eigenvalue weighted by Gasteiger charge is 2.27. The van der Waals surface area contributed by atoms with Crippen LogP contribution < -0.4 is 10.6 Å². The van der Waals surface area contributed by atoms with Crippen molar-refractivity contribution in [2.75, 3.05) is 50.7 Å². The van der Waals surface area contributed by atoms with Gasteiger partial charge in [-0.25, -0.2) is 0 Å². The smallest absolute Gasteiger partial charge is 0.241 e. The van der Waals surface area contributed by atoms with E-state index in [0.717, 1.165) is 51.4 Å². The van der Waals surface area contributed by atoms with E-state index in [9.17, 15) is 4.79 Å². The first-order valence-electron chi connectivity index (χ1n) is 8.54. The Balaban J connectivity index is 0.00000208. The van der Waals surface area contributed by atoms with E-state index in [-0.39, 0.29) is 23.9 Å². The Hall–Kier alpha value is -1.14. The second-order valence-corrected chi connectivity index (χ2v) is 7.46. The fraction of sp³-hybridized carbons (Fsp3) is 0.611. The Labute approximate surface area is 151 Å². The van der Waals surface area contributed by atoms with Gasteiger partial charge < -0.3 is 10.6 Å². The van der Waals surface area contributed by atoms with Crippen molar-refractivity contribution in [1.29, 1.82) is 0 Å². The second kappa shape index (κ2) is 7.83. The van der Waals surface area contributed by atoms with Crippen molar-refractivity contribution < 1.29 is 4.79 Å². The molecule has 1 saturated heterocycles. The van der Waals surface area contributed by atoms with Crippen molar-refractivity contribution in [3.05, 3.63) is 29.8 Å². The van der Waals surface area contributed by atoms with Gasteiger partial charge in [0, 0.05) is 50.5 Å². The summed E-state index contributed by atoms with van der Waals surface area (Å²) in [5, 5.41) is 0. The number of amides is 1. The number of hydrogen-bond acceptors (Lipinski definition) is 4. The minimum atomic E-state index is -0.156. The normalized spacial score (nSPS) is 19.0. The lowest BCUT2D eigenvalue weighted by molar-refractivity contribution is -0.120. The van der Waals surface area contributed by atoms with Crippen LogP contribution in [0, 0.1) is 0 Å². The Bertz CT molecular complexity index is 564. The largest absolute Gasteiger partial charge is 0.324 e. The van der Waals surface area contributed by atoms with Gasteiger partial charge >= 0.3 is 0 Å². The van der Waals surface area contributed by atoms with Crippen LogP contribution in [-0.4, -0.2) is 67.1 Å². The van der Waals surface area contributed by atoms with Crippen LogP contribution in [0.4, 0.5) is 5.69 Å². The first-order chi connectivity index (χ1) is 10.9. The molecule has 1 aromatic rings. The van der Waals surface area contributed by atoms with Crippen molar-refractivity contribution in [2.45, 2.75) is 25.8 Å². The Morgan fingerprint density at radius 2 is 1.71 bits per heavy atom. The fourth-order valence-electron chi connectivity index (χ4n) is 3.56. The second-order valence-electron chi connectivity index (χ2n) is 7.46. The van der Waals surface area contributed by atoms with E-state index in [2.05, 4.69) is 35.8 Å². The number of rotatable bonds is 4. The number of nitrogens with zero attached hydrogens (tertiary/aromatic N) is 3. The van der Waals surface area contributed by atoms with Gasteiger partial charge in [-0.05, 0) is 31.9 Å². The van der Waals surface area contributed by atoms with Crippen LogP contribution in [-0.2, 0) is 11.2 Å². The molecule has 6 heteroatoms. The molecule has 0 aliphatic carbocycles. The standard InChI is InChI=1S/C18H28N4O.ClH/c1-18(2,19)14-21-11-9-20(10-12-21)13-17(23)22-8-7-15-5-3-4-6-16(15)22;/h3-6H,7-14,19H2,1-2H3;1H. The predicted octanol–water partition coefficient (Wildman–Crippen LogP) is 1.35. The average Bonchev–Trinajstić information content (AvgIpc) is 2.92. The number of anilines is 1. The monoisotopic (exact) mass is 352 g/mol. The summed E-state index contributed by atoms with van der Waals surface area (Å²) in [4.78, 5) is 19.2. The summed E-state index contributed by atoms with van der Waals surface area (Å²) in [7, 11) is 0. The van der Waals surface area contributed by atoms with Crippen molar-refractivity contribution in [3.8, 4) is 0 Å². The van der Waals surface area contributed by atoms with Gasteiger partial charge in [0.15, 0.2) is 0 Å². The molecule has 2 N–H and O–H groups in total. The third-order valence-electron chi connectivity index (χ3n) is 4.64. The number of piperazine rings is 1. The van der Waals surface area contributed by atoms with Crippen molar-refractivity contribution in [2.24, 2.45) is 5.73 Å². The lowest BCUT2D eigenvalue weighted by Crippen LogP contribution is -2.54. The van der Waals surface area contributed by atoms with E-state index in [1.807, 2.05) is 17.0 Å². The third kappa shape index (κ3) is 4.70. The molecular formula is C18H29ClN4O. The molecule has 2 aliphatic heterocycles. The highest BCUT2D eigenvalue weighted by Crippen LogP contribution is 2.27. The lowest BCUT2D eigenvalue weighted by Gasteiger charge is -2.37. The average molecular weight is 353 g/mol. The molecule has 0 radical (unpaired) electrons. The van der Waals surface area contributed by atoms with Gasteiger partial charge in [0.1, 0.15) is 0 Å². The maximum atomic E-state index is 12.6. The van der Waals surface area contributed by atoms with Crippen LogP contribution in [0.2, 0.25) is 0 Å². The number of halogens is 1. The van der Waals surface area contributed by atoms with Crippen LogP contribution in [0.1, 0.15) is 19.4 Å². The fourth-order valence-corrected chi connectivity index (χ4v) is 3.56. The Morgan fingerprint density at radius 1 is 1.08 bits per heavy atom. The van der Waals surface area contributed by atoms with Crippen molar-refractivity contribution >= 4 is 24.0 Å². The van der Waals surface area contributed by atoms with Gasteiger partial charge in [0.25, 0.3) is 0 Å². The van der Waals surface area contributed by atoms with E-state index in [1.165, 1.54) is 5.56 Å². The van der Waals surface area contributed by atoms with E-state index < -0.39 is 0 Å². The van der Waals surface area contributed by atoms with Crippen molar-refractivity contribution in [1.82, 2.24) is 9.80 Å². The molecule has 0 bridgehead atoms. The topological polar surface area (TPSA) is 52.8 Å². The quantitative estimate of drug-likeness (QED) is 0.888. The summed E-state index contributed by atoms with van der Waals surface area (Å²) in [6.45, 7) is 10.2. The molecule has 1 amide bonds. The SMILES string of the molecule is CC(C)(N)CN1CCN(CC(=O)N2CCc3ccccc32)CC1.Cl. The van der Waals surface area contributed by atoms with Gasteiger partial charge in [-0.3, -0.25) is 14.6 Å². The molecule has 0 atom stereocenters. The predicted molar refractivity (Wildman–Crippen MR) is 101 cm³/mol. The summed E-state index contributed by atoms with van der Waals surface area (Å²) in [6.07, 6.45) is 0.973. The van der Waals surface area contributed by atoms with Gasteiger partial charge in [-0.2, -0.15) is 0 Å². The van der Waals surface area contributed by atoms with E-state index in [4.69, 9.17) is 5.73 Å². The molecular weight excluding hydrogens is 324 g/mol. The molecule has 2 aliphatic rings. The number of fused-ring (bicyclic) bond motifs is 1. The number of carbonyl (C=O) groups is 1. The number of carbonyl (C=O) groups excluding carboxylic acids is 1. The van der Waals surface area contributed by atoms with Gasteiger partial charge in [0.2, 0.25) is 5.91 Å². The molecule has 2 heterocycles. The summed E-state index contributed by atoms with van der Waals surface area (Å²) in [6, 6.07) is 8.24. The van der Waals surface area contributed by atoms with Crippen molar-refractivity contribution in [3.63, 3.8) is 0 Å². The molecule has 3 rings (SSSR count). The summed E-state index contributed by atoms with van der Waals surface area (Å²) >= 11 is 0. The highest BCUT2D eigenvalue weighted by molar-refractivity contribution is 5.96.